The molecular weight excluding hydrogens is 408 g/mol. The Morgan fingerprint density at radius 1 is 1.19 bits per heavy atom. The van der Waals surface area contributed by atoms with Crippen molar-refractivity contribution in [1.29, 1.82) is 0 Å². The van der Waals surface area contributed by atoms with Crippen LogP contribution in [0.2, 0.25) is 25.7 Å². The highest BCUT2D eigenvalue weighted by molar-refractivity contribution is 9.10. The van der Waals surface area contributed by atoms with Crippen LogP contribution in [0.4, 0.5) is 5.82 Å². The summed E-state index contributed by atoms with van der Waals surface area (Å²) in [4.78, 5) is 12.2. The summed E-state index contributed by atoms with van der Waals surface area (Å²) < 4.78 is 7.19. The number of H-pyrrole nitrogens is 1. The number of hydrogen-bond acceptors (Lipinski definition) is 4. The molecule has 1 aromatic carbocycles. The topological polar surface area (TPSA) is 62.8 Å². The number of nitrogens with one attached hydrogen (secondary N) is 2. The van der Waals surface area contributed by atoms with Crippen LogP contribution in [0.1, 0.15) is 17.6 Å². The summed E-state index contributed by atoms with van der Waals surface area (Å²) in [6, 6.07) is 11.3. The molecule has 0 aliphatic rings. The third kappa shape index (κ3) is 4.72. The first-order chi connectivity index (χ1) is 12.3. The van der Waals surface area contributed by atoms with Crippen molar-refractivity contribution in [1.82, 2.24) is 15.0 Å². The highest BCUT2D eigenvalue weighted by Crippen LogP contribution is 2.31. The number of aromatic nitrogens is 3. The van der Waals surface area contributed by atoms with E-state index in [0.717, 1.165) is 39.5 Å². The van der Waals surface area contributed by atoms with Gasteiger partial charge in [0.15, 0.2) is 6.23 Å². The molecule has 0 saturated carbocycles. The van der Waals surface area contributed by atoms with Crippen molar-refractivity contribution in [2.45, 2.75) is 38.8 Å². The van der Waals surface area contributed by atoms with E-state index in [1.807, 2.05) is 31.3 Å². The summed E-state index contributed by atoms with van der Waals surface area (Å²) in [6.45, 7) is 9.69. The van der Waals surface area contributed by atoms with E-state index >= 15 is 0 Å². The Morgan fingerprint density at radius 3 is 2.62 bits per heavy atom. The van der Waals surface area contributed by atoms with Gasteiger partial charge in [-0.1, -0.05) is 50.0 Å². The maximum atomic E-state index is 6.25. The molecule has 0 radical (unpaired) electrons. The predicted molar refractivity (Wildman–Crippen MR) is 113 cm³/mol. The highest BCUT2D eigenvalue weighted by atomic mass is 79.9. The fraction of sp³-hybridized carbons (Fsp3) is 0.368. The molecule has 1 atom stereocenters. The summed E-state index contributed by atoms with van der Waals surface area (Å²) in [7, 11) is -1.16. The molecule has 2 N–H and O–H groups in total. The second-order valence-electron chi connectivity index (χ2n) is 7.60. The standard InChI is InChI=1S/C19H25BrN4OSi/c1-13-22-17-16(15(20)12-21-17)18(23-13)24-19(14-8-6-5-7-9-14)25-10-11-26(2,3)4/h5-9,12,19H,10-11H2,1-4H3,(H2,21,22,23,24). The van der Waals surface area contributed by atoms with E-state index in [9.17, 15) is 0 Å². The van der Waals surface area contributed by atoms with Crippen LogP contribution in [0.25, 0.3) is 11.0 Å². The predicted octanol–water partition coefficient (Wildman–Crippen LogP) is 5.49. The molecule has 0 saturated heterocycles. The number of benzene rings is 1. The summed E-state index contributed by atoms with van der Waals surface area (Å²) in [5, 5.41) is 4.42. The van der Waals surface area contributed by atoms with E-state index < -0.39 is 8.07 Å². The van der Waals surface area contributed by atoms with Crippen molar-refractivity contribution in [2.75, 3.05) is 11.9 Å². The summed E-state index contributed by atoms with van der Waals surface area (Å²) in [6.07, 6.45) is 1.62. The molecular formula is C19H25BrN4OSi. The van der Waals surface area contributed by atoms with Crippen molar-refractivity contribution in [3.8, 4) is 0 Å². The van der Waals surface area contributed by atoms with E-state index in [1.165, 1.54) is 0 Å². The molecule has 5 nitrogen and oxygen atoms in total. The first-order valence-electron chi connectivity index (χ1n) is 8.78. The second kappa shape index (κ2) is 7.90. The quantitative estimate of drug-likeness (QED) is 0.382. The zero-order chi connectivity index (χ0) is 18.7. The number of ether oxygens (including phenoxy) is 1. The third-order valence-corrected chi connectivity index (χ3v) is 6.43. The van der Waals surface area contributed by atoms with Crippen LogP contribution >= 0.6 is 15.9 Å². The first-order valence-corrected chi connectivity index (χ1v) is 13.3. The Hall–Kier alpha value is -1.70. The molecule has 7 heteroatoms. The van der Waals surface area contributed by atoms with E-state index in [1.54, 1.807) is 0 Å². The van der Waals surface area contributed by atoms with E-state index in [2.05, 4.69) is 68.0 Å². The molecule has 0 fully saturated rings. The second-order valence-corrected chi connectivity index (χ2v) is 14.1. The van der Waals surface area contributed by atoms with Gasteiger partial charge in [-0.3, -0.25) is 0 Å². The van der Waals surface area contributed by atoms with Crippen molar-refractivity contribution < 1.29 is 4.74 Å². The zero-order valence-corrected chi connectivity index (χ0v) is 18.2. The molecule has 138 valence electrons. The fourth-order valence-electron chi connectivity index (χ4n) is 2.67. The summed E-state index contributed by atoms with van der Waals surface area (Å²) >= 11 is 3.58. The minimum atomic E-state index is -1.16. The Morgan fingerprint density at radius 2 is 1.92 bits per heavy atom. The maximum absolute atomic E-state index is 6.25. The molecule has 26 heavy (non-hydrogen) atoms. The molecule has 2 aromatic heterocycles. The number of rotatable bonds is 7. The summed E-state index contributed by atoms with van der Waals surface area (Å²) in [5.41, 5.74) is 1.89. The fourth-order valence-corrected chi connectivity index (χ4v) is 3.89. The van der Waals surface area contributed by atoms with Crippen molar-refractivity contribution in [2.24, 2.45) is 0 Å². The molecule has 0 aliphatic heterocycles. The van der Waals surface area contributed by atoms with Crippen molar-refractivity contribution >= 4 is 40.9 Å². The molecule has 0 aliphatic carbocycles. The van der Waals surface area contributed by atoms with Crippen LogP contribution in [-0.4, -0.2) is 29.6 Å². The Labute approximate surface area is 163 Å². The average Bonchev–Trinajstić information content (AvgIpc) is 2.94. The first kappa shape index (κ1) is 19.1. The Bertz CT molecular complexity index is 876. The van der Waals surface area contributed by atoms with Crippen LogP contribution in [0.15, 0.2) is 41.0 Å². The molecule has 2 heterocycles. The van der Waals surface area contributed by atoms with Crippen LogP contribution in [0.3, 0.4) is 0 Å². The maximum Gasteiger partial charge on any atom is 0.155 e. The van der Waals surface area contributed by atoms with Gasteiger partial charge in [0.25, 0.3) is 0 Å². The minimum Gasteiger partial charge on any atom is -0.354 e. The van der Waals surface area contributed by atoms with Gasteiger partial charge in [-0.05, 0) is 28.9 Å². The minimum absolute atomic E-state index is 0.258. The van der Waals surface area contributed by atoms with Crippen LogP contribution < -0.4 is 5.32 Å². The van der Waals surface area contributed by atoms with Gasteiger partial charge in [0.05, 0.1) is 5.39 Å². The van der Waals surface area contributed by atoms with E-state index in [4.69, 9.17) is 4.74 Å². The summed E-state index contributed by atoms with van der Waals surface area (Å²) in [5.74, 6) is 1.48. The van der Waals surface area contributed by atoms with Gasteiger partial charge >= 0.3 is 0 Å². The average molecular weight is 433 g/mol. The van der Waals surface area contributed by atoms with Crippen molar-refractivity contribution in [3.63, 3.8) is 0 Å². The number of aromatic amines is 1. The lowest BCUT2D eigenvalue weighted by Crippen LogP contribution is -2.24. The van der Waals surface area contributed by atoms with E-state index in [0.29, 0.717) is 5.82 Å². The Balaban J connectivity index is 1.89. The molecule has 3 aromatic rings. The van der Waals surface area contributed by atoms with Gasteiger partial charge in [-0.15, -0.1) is 0 Å². The van der Waals surface area contributed by atoms with Gasteiger partial charge < -0.3 is 15.0 Å². The van der Waals surface area contributed by atoms with Gasteiger partial charge in [0.2, 0.25) is 0 Å². The zero-order valence-electron chi connectivity index (χ0n) is 15.6. The van der Waals surface area contributed by atoms with Crippen LogP contribution in [0, 0.1) is 6.92 Å². The molecule has 0 amide bonds. The lowest BCUT2D eigenvalue weighted by atomic mass is 10.2. The molecule has 3 rings (SSSR count). The van der Waals surface area contributed by atoms with Crippen LogP contribution in [-0.2, 0) is 4.74 Å². The van der Waals surface area contributed by atoms with Crippen LogP contribution in [0.5, 0.6) is 0 Å². The third-order valence-electron chi connectivity index (χ3n) is 4.10. The number of halogens is 1. The molecule has 1 unspecified atom stereocenters. The number of fused-ring (bicyclic) bond motifs is 1. The number of anilines is 1. The largest absolute Gasteiger partial charge is 0.354 e. The smallest absolute Gasteiger partial charge is 0.155 e. The lowest BCUT2D eigenvalue weighted by molar-refractivity contribution is 0.0821. The Kier molecular flexibility index (Phi) is 5.79. The molecule has 0 spiro atoms. The normalized spacial score (nSPS) is 13.1. The lowest BCUT2D eigenvalue weighted by Gasteiger charge is -2.23. The van der Waals surface area contributed by atoms with Gasteiger partial charge in [0.1, 0.15) is 17.3 Å². The number of hydrogen-bond donors (Lipinski definition) is 2. The van der Waals surface area contributed by atoms with E-state index in [-0.39, 0.29) is 6.23 Å². The number of nitrogens with zero attached hydrogens (tertiary/aromatic N) is 2. The van der Waals surface area contributed by atoms with Gasteiger partial charge in [-0.2, -0.15) is 0 Å². The number of aryl methyl sites for hydroxylation is 1. The SMILES string of the molecule is Cc1nc(NC(OCC[Si](C)(C)C)c2ccccc2)c2c(Br)c[nH]c2n1. The molecule has 0 bridgehead atoms. The highest BCUT2D eigenvalue weighted by Gasteiger charge is 2.19. The van der Waals surface area contributed by atoms with Gasteiger partial charge in [-0.25, -0.2) is 9.97 Å². The van der Waals surface area contributed by atoms with Crippen molar-refractivity contribution in [3.05, 3.63) is 52.4 Å². The monoisotopic (exact) mass is 432 g/mol. The van der Waals surface area contributed by atoms with Gasteiger partial charge in [0, 0.05) is 30.9 Å².